The zero-order chi connectivity index (χ0) is 13.9. The first-order valence-electron chi connectivity index (χ1n) is 7.01. The minimum atomic E-state index is 0.102. The topological polar surface area (TPSA) is 42.0 Å². The zero-order valence-electron chi connectivity index (χ0n) is 11.6. The van der Waals surface area contributed by atoms with Crippen LogP contribution in [0.5, 0.6) is 0 Å². The molecule has 1 N–H and O–H groups in total. The Balaban J connectivity index is 1.80. The van der Waals surface area contributed by atoms with E-state index in [2.05, 4.69) is 10.7 Å². The van der Waals surface area contributed by atoms with Crippen molar-refractivity contribution in [1.29, 1.82) is 0 Å². The molecule has 0 atom stereocenters. The lowest BCUT2D eigenvalue weighted by molar-refractivity contribution is 0.101. The highest BCUT2D eigenvalue weighted by atomic mass is 32.1. The second-order valence-electron chi connectivity index (χ2n) is 5.23. The van der Waals surface area contributed by atoms with Crippen molar-refractivity contribution in [2.45, 2.75) is 25.7 Å². The highest BCUT2D eigenvalue weighted by Crippen LogP contribution is 2.31. The highest BCUT2D eigenvalue weighted by molar-refractivity contribution is 7.10. The summed E-state index contributed by atoms with van der Waals surface area (Å²) in [7, 11) is 0. The fourth-order valence-corrected chi connectivity index (χ4v) is 3.55. The molecule has 0 spiro atoms. The second-order valence-corrected chi connectivity index (χ2v) is 6.12. The summed E-state index contributed by atoms with van der Waals surface area (Å²) in [4.78, 5) is 16.1. The monoisotopic (exact) mass is 286 g/mol. The van der Waals surface area contributed by atoms with Gasteiger partial charge in [0.1, 0.15) is 0 Å². The van der Waals surface area contributed by atoms with Crippen LogP contribution in [0.15, 0.2) is 29.6 Å². The van der Waals surface area contributed by atoms with Gasteiger partial charge in [0, 0.05) is 22.4 Å². The molecule has 0 amide bonds. The molecule has 0 radical (unpaired) electrons. The summed E-state index contributed by atoms with van der Waals surface area (Å²) in [6.45, 7) is 3.77. The lowest BCUT2D eigenvalue weighted by Crippen LogP contribution is -2.26. The maximum absolute atomic E-state index is 11.3. The first-order chi connectivity index (χ1) is 9.74. The first kappa shape index (κ1) is 13.5. The predicted molar refractivity (Wildman–Crippen MR) is 82.4 cm³/mol. The SMILES string of the molecule is CC(=O)c1ccc(-c2csc(C3CCNCC3)n2)cc1. The van der Waals surface area contributed by atoms with Crippen LogP contribution in [0.2, 0.25) is 0 Å². The number of rotatable bonds is 3. The minimum absolute atomic E-state index is 0.102. The molecule has 1 aliphatic heterocycles. The normalized spacial score (nSPS) is 16.2. The number of aromatic nitrogens is 1. The molecule has 4 heteroatoms. The van der Waals surface area contributed by atoms with Crippen LogP contribution in [-0.2, 0) is 0 Å². The number of thiazole rings is 1. The van der Waals surface area contributed by atoms with E-state index in [0.717, 1.165) is 29.9 Å². The fourth-order valence-electron chi connectivity index (χ4n) is 2.55. The first-order valence-corrected chi connectivity index (χ1v) is 7.89. The third-order valence-corrected chi connectivity index (χ3v) is 4.80. The lowest BCUT2D eigenvalue weighted by Gasteiger charge is -2.20. The second kappa shape index (κ2) is 5.85. The van der Waals surface area contributed by atoms with Gasteiger partial charge >= 0.3 is 0 Å². The molecule has 3 nitrogen and oxygen atoms in total. The fraction of sp³-hybridized carbons (Fsp3) is 0.375. The van der Waals surface area contributed by atoms with E-state index < -0.39 is 0 Å². The Hall–Kier alpha value is -1.52. The van der Waals surface area contributed by atoms with Gasteiger partial charge in [-0.2, -0.15) is 0 Å². The van der Waals surface area contributed by atoms with Crippen LogP contribution < -0.4 is 5.32 Å². The van der Waals surface area contributed by atoms with Crippen LogP contribution >= 0.6 is 11.3 Å². The van der Waals surface area contributed by atoms with Crippen molar-refractivity contribution in [3.8, 4) is 11.3 Å². The number of carbonyl (C=O) groups excluding carboxylic acids is 1. The number of nitrogens with zero attached hydrogens (tertiary/aromatic N) is 1. The summed E-state index contributed by atoms with van der Waals surface area (Å²) >= 11 is 1.76. The van der Waals surface area contributed by atoms with Crippen molar-refractivity contribution in [2.75, 3.05) is 13.1 Å². The number of Topliss-reactive ketones (excluding diaryl/α,β-unsaturated/α-hetero) is 1. The average Bonchev–Trinajstić information content (AvgIpc) is 2.98. The molecule has 0 saturated carbocycles. The Kier molecular flexibility index (Phi) is 3.94. The molecule has 1 aromatic heterocycles. The number of carbonyl (C=O) groups is 1. The lowest BCUT2D eigenvalue weighted by atomic mass is 9.99. The number of benzene rings is 1. The smallest absolute Gasteiger partial charge is 0.159 e. The molecule has 1 fully saturated rings. The molecule has 0 aliphatic carbocycles. The Labute approximate surface area is 123 Å². The standard InChI is InChI=1S/C16H18N2OS/c1-11(19)12-2-4-13(5-3-12)15-10-20-16(18-15)14-6-8-17-9-7-14/h2-5,10,14,17H,6-9H2,1H3. The Morgan fingerprint density at radius 3 is 2.60 bits per heavy atom. The molecule has 104 valence electrons. The summed E-state index contributed by atoms with van der Waals surface area (Å²) in [5.74, 6) is 0.705. The van der Waals surface area contributed by atoms with E-state index in [4.69, 9.17) is 4.98 Å². The molecule has 1 aromatic carbocycles. The third-order valence-electron chi connectivity index (χ3n) is 3.80. The van der Waals surface area contributed by atoms with Gasteiger partial charge in [0.15, 0.2) is 5.78 Å². The Morgan fingerprint density at radius 2 is 1.95 bits per heavy atom. The summed E-state index contributed by atoms with van der Waals surface area (Å²) in [6, 6.07) is 7.72. The molecule has 1 aliphatic rings. The van der Waals surface area contributed by atoms with Crippen LogP contribution in [0.4, 0.5) is 0 Å². The molecule has 3 rings (SSSR count). The van der Waals surface area contributed by atoms with Crippen LogP contribution in [0, 0.1) is 0 Å². The van der Waals surface area contributed by atoms with Crippen LogP contribution in [0.1, 0.15) is 41.0 Å². The summed E-state index contributed by atoms with van der Waals surface area (Å²) in [5, 5.41) is 6.76. The van der Waals surface area contributed by atoms with E-state index >= 15 is 0 Å². The van der Waals surface area contributed by atoms with Gasteiger partial charge in [0.25, 0.3) is 0 Å². The summed E-state index contributed by atoms with van der Waals surface area (Å²) in [6.07, 6.45) is 2.35. The molecule has 2 heterocycles. The molecule has 20 heavy (non-hydrogen) atoms. The maximum Gasteiger partial charge on any atom is 0.159 e. The minimum Gasteiger partial charge on any atom is -0.317 e. The van der Waals surface area contributed by atoms with Gasteiger partial charge in [-0.15, -0.1) is 11.3 Å². The molecule has 0 unspecified atom stereocenters. The van der Waals surface area contributed by atoms with Gasteiger partial charge < -0.3 is 5.32 Å². The maximum atomic E-state index is 11.3. The molecule has 1 saturated heterocycles. The zero-order valence-corrected chi connectivity index (χ0v) is 12.4. The molecule has 0 bridgehead atoms. The van der Waals surface area contributed by atoms with Crippen LogP contribution in [0.3, 0.4) is 0 Å². The van der Waals surface area contributed by atoms with Crippen molar-refractivity contribution in [3.05, 3.63) is 40.2 Å². The summed E-state index contributed by atoms with van der Waals surface area (Å²) < 4.78 is 0. The molecular formula is C16H18N2OS. The van der Waals surface area contributed by atoms with E-state index in [1.807, 2.05) is 24.3 Å². The largest absolute Gasteiger partial charge is 0.317 e. The third kappa shape index (κ3) is 2.81. The number of hydrogen-bond donors (Lipinski definition) is 1. The van der Waals surface area contributed by atoms with Gasteiger partial charge in [-0.05, 0) is 32.9 Å². The van der Waals surface area contributed by atoms with Crippen molar-refractivity contribution >= 4 is 17.1 Å². The van der Waals surface area contributed by atoms with E-state index in [0.29, 0.717) is 5.92 Å². The summed E-state index contributed by atoms with van der Waals surface area (Å²) in [5.41, 5.74) is 2.87. The Bertz CT molecular complexity index is 597. The molecular weight excluding hydrogens is 268 g/mol. The van der Waals surface area contributed by atoms with Crippen molar-refractivity contribution in [1.82, 2.24) is 10.3 Å². The van der Waals surface area contributed by atoms with Crippen molar-refractivity contribution in [3.63, 3.8) is 0 Å². The number of piperidine rings is 1. The van der Waals surface area contributed by atoms with E-state index in [1.54, 1.807) is 18.3 Å². The van der Waals surface area contributed by atoms with Gasteiger partial charge in [-0.1, -0.05) is 24.3 Å². The van der Waals surface area contributed by atoms with Gasteiger partial charge in [0.05, 0.1) is 10.7 Å². The number of ketones is 1. The highest BCUT2D eigenvalue weighted by Gasteiger charge is 2.18. The number of hydrogen-bond acceptors (Lipinski definition) is 4. The van der Waals surface area contributed by atoms with Gasteiger partial charge in [-0.25, -0.2) is 4.98 Å². The molecule has 2 aromatic rings. The average molecular weight is 286 g/mol. The van der Waals surface area contributed by atoms with Crippen molar-refractivity contribution in [2.24, 2.45) is 0 Å². The van der Waals surface area contributed by atoms with Crippen molar-refractivity contribution < 1.29 is 4.79 Å². The van der Waals surface area contributed by atoms with Gasteiger partial charge in [-0.3, -0.25) is 4.79 Å². The van der Waals surface area contributed by atoms with E-state index in [-0.39, 0.29) is 5.78 Å². The van der Waals surface area contributed by atoms with Crippen LogP contribution in [0.25, 0.3) is 11.3 Å². The van der Waals surface area contributed by atoms with Crippen LogP contribution in [-0.4, -0.2) is 23.9 Å². The predicted octanol–water partition coefficient (Wildman–Crippen LogP) is 3.48. The van der Waals surface area contributed by atoms with Gasteiger partial charge in [0.2, 0.25) is 0 Å². The quantitative estimate of drug-likeness (QED) is 0.878. The number of nitrogens with one attached hydrogen (secondary N) is 1. The van der Waals surface area contributed by atoms with E-state index in [1.165, 1.54) is 17.8 Å². The van der Waals surface area contributed by atoms with E-state index in [9.17, 15) is 4.79 Å². The Morgan fingerprint density at radius 1 is 1.25 bits per heavy atom.